The van der Waals surface area contributed by atoms with Crippen molar-refractivity contribution in [2.75, 3.05) is 18.6 Å². The monoisotopic (exact) mass is 349 g/mol. The van der Waals surface area contributed by atoms with Crippen LogP contribution in [0.25, 0.3) is 6.08 Å². The number of esters is 1. The predicted molar refractivity (Wildman–Crippen MR) is 100 cm³/mol. The first-order chi connectivity index (χ1) is 11.1. The minimum Gasteiger partial charge on any atom is -0.465 e. The fraction of sp³-hybridized carbons (Fsp3) is 0.471. The number of thiol groups is 1. The zero-order valence-corrected chi connectivity index (χ0v) is 15.6. The van der Waals surface area contributed by atoms with E-state index in [-0.39, 0.29) is 0 Å². The van der Waals surface area contributed by atoms with Gasteiger partial charge in [0, 0.05) is 11.4 Å². The van der Waals surface area contributed by atoms with Gasteiger partial charge in [-0.1, -0.05) is 6.08 Å². The van der Waals surface area contributed by atoms with Crippen LogP contribution < -0.4 is 5.73 Å². The second-order valence-corrected chi connectivity index (χ2v) is 7.16. The third kappa shape index (κ3) is 3.79. The molecular weight excluding hydrogens is 325 g/mol. The van der Waals surface area contributed by atoms with Gasteiger partial charge in [0.05, 0.1) is 23.9 Å². The molecular formula is C17H24BNO4S. The molecule has 0 aromatic heterocycles. The van der Waals surface area contributed by atoms with Crippen molar-refractivity contribution in [1.29, 1.82) is 0 Å². The number of nitrogens with two attached hydrogens (primary N) is 1. The molecule has 2 rings (SSSR count). The number of benzene rings is 1. The zero-order chi connectivity index (χ0) is 18.1. The summed E-state index contributed by atoms with van der Waals surface area (Å²) in [6.07, 6.45) is 1.89. The summed E-state index contributed by atoms with van der Waals surface area (Å²) in [4.78, 5) is 11.7. The van der Waals surface area contributed by atoms with Crippen molar-refractivity contribution in [1.82, 2.24) is 0 Å². The van der Waals surface area contributed by atoms with Gasteiger partial charge in [-0.2, -0.15) is 12.6 Å². The number of hydrogen-bond donors (Lipinski definition) is 2. The number of rotatable bonds is 4. The molecule has 0 saturated carbocycles. The molecule has 5 nitrogen and oxygen atoms in total. The fourth-order valence-electron chi connectivity index (χ4n) is 2.39. The Morgan fingerprint density at radius 3 is 2.33 bits per heavy atom. The number of carbonyl (C=O) groups excluding carboxylic acids is 1. The van der Waals surface area contributed by atoms with Crippen LogP contribution in [-0.4, -0.2) is 37.2 Å². The Kier molecular flexibility index (Phi) is 5.37. The van der Waals surface area contributed by atoms with E-state index in [0.717, 1.165) is 11.0 Å². The molecule has 1 saturated heterocycles. The normalized spacial score (nSPS) is 19.4. The zero-order valence-electron chi connectivity index (χ0n) is 14.8. The molecule has 1 aliphatic rings. The van der Waals surface area contributed by atoms with Crippen molar-refractivity contribution in [2.45, 2.75) is 38.9 Å². The van der Waals surface area contributed by atoms with E-state index < -0.39 is 24.3 Å². The molecule has 1 fully saturated rings. The molecule has 0 unspecified atom stereocenters. The number of methoxy groups -OCH3 is 1. The van der Waals surface area contributed by atoms with Crippen LogP contribution in [-0.2, 0) is 14.0 Å². The first-order valence-corrected chi connectivity index (χ1v) is 8.39. The largest absolute Gasteiger partial charge is 0.491 e. The van der Waals surface area contributed by atoms with Crippen LogP contribution in [0.5, 0.6) is 0 Å². The standard InChI is InChI=1S/C17H24BNO4S/c1-16(2)17(3,4)23-18(22-16)13(10-24)7-11-6-12(15(20)21-5)9-14(19)8-11/h6-9,24H,10,19H2,1-5H3. The topological polar surface area (TPSA) is 70.8 Å². The Bertz CT molecular complexity index is 657. The van der Waals surface area contributed by atoms with Crippen LogP contribution in [0.2, 0.25) is 0 Å². The van der Waals surface area contributed by atoms with Crippen LogP contribution in [0.1, 0.15) is 43.6 Å². The third-order valence-corrected chi connectivity index (χ3v) is 4.85. The number of hydrogen-bond acceptors (Lipinski definition) is 6. The Morgan fingerprint density at radius 1 is 1.25 bits per heavy atom. The van der Waals surface area contributed by atoms with Crippen LogP contribution in [0, 0.1) is 0 Å². The predicted octanol–water partition coefficient (Wildman–Crippen LogP) is 3.00. The first-order valence-electron chi connectivity index (χ1n) is 7.75. The van der Waals surface area contributed by atoms with Gasteiger partial charge in [0.1, 0.15) is 0 Å². The van der Waals surface area contributed by atoms with Crippen LogP contribution >= 0.6 is 12.6 Å². The van der Waals surface area contributed by atoms with E-state index in [1.165, 1.54) is 7.11 Å². The van der Waals surface area contributed by atoms with Gasteiger partial charge in [-0.15, -0.1) is 0 Å². The summed E-state index contributed by atoms with van der Waals surface area (Å²) >= 11 is 4.39. The van der Waals surface area contributed by atoms with Crippen LogP contribution in [0.3, 0.4) is 0 Å². The van der Waals surface area contributed by atoms with Gasteiger partial charge in [0.15, 0.2) is 0 Å². The van der Waals surface area contributed by atoms with E-state index in [2.05, 4.69) is 12.6 Å². The van der Waals surface area contributed by atoms with E-state index in [4.69, 9.17) is 19.8 Å². The Balaban J connectivity index is 2.35. The minimum atomic E-state index is -0.490. The number of anilines is 1. The number of ether oxygens (including phenoxy) is 1. The van der Waals surface area contributed by atoms with E-state index in [0.29, 0.717) is 17.0 Å². The molecule has 0 atom stereocenters. The quantitative estimate of drug-likeness (QED) is 0.378. The highest BCUT2D eigenvalue weighted by Gasteiger charge is 2.52. The number of carbonyl (C=O) groups is 1. The molecule has 0 amide bonds. The maximum Gasteiger partial charge on any atom is 0.491 e. The summed E-state index contributed by atoms with van der Waals surface area (Å²) in [7, 11) is 0.848. The Morgan fingerprint density at radius 2 is 1.83 bits per heavy atom. The summed E-state index contributed by atoms with van der Waals surface area (Å²) in [5, 5.41) is 0. The maximum atomic E-state index is 11.7. The van der Waals surface area contributed by atoms with Crippen molar-refractivity contribution in [3.8, 4) is 0 Å². The molecule has 0 aliphatic carbocycles. The molecule has 0 bridgehead atoms. The molecule has 1 aromatic rings. The van der Waals surface area contributed by atoms with Crippen molar-refractivity contribution < 1.29 is 18.8 Å². The van der Waals surface area contributed by atoms with Gasteiger partial charge in [-0.05, 0) is 56.9 Å². The second kappa shape index (κ2) is 6.82. The molecule has 1 heterocycles. The van der Waals surface area contributed by atoms with E-state index in [1.54, 1.807) is 18.2 Å². The van der Waals surface area contributed by atoms with E-state index in [9.17, 15) is 4.79 Å². The average molecular weight is 349 g/mol. The summed E-state index contributed by atoms with van der Waals surface area (Å²) < 4.78 is 16.9. The SMILES string of the molecule is COC(=O)c1cc(N)cc(C=C(CS)B2OC(C)(C)C(C)(C)O2)c1. The summed E-state index contributed by atoms with van der Waals surface area (Å²) in [6.45, 7) is 8.00. The molecule has 0 spiro atoms. The molecule has 2 N–H and O–H groups in total. The molecule has 1 aromatic carbocycles. The third-order valence-electron chi connectivity index (χ3n) is 4.49. The van der Waals surface area contributed by atoms with Crippen molar-refractivity contribution in [3.63, 3.8) is 0 Å². The van der Waals surface area contributed by atoms with Gasteiger partial charge in [-0.3, -0.25) is 0 Å². The fourth-order valence-corrected chi connectivity index (χ4v) is 2.63. The minimum absolute atomic E-state index is 0.399. The van der Waals surface area contributed by atoms with Gasteiger partial charge >= 0.3 is 13.1 Å². The summed E-state index contributed by atoms with van der Waals surface area (Å²) in [6, 6.07) is 5.08. The summed E-state index contributed by atoms with van der Waals surface area (Å²) in [5.41, 5.74) is 7.56. The van der Waals surface area contributed by atoms with Gasteiger partial charge in [-0.25, -0.2) is 4.79 Å². The molecule has 7 heteroatoms. The van der Waals surface area contributed by atoms with Crippen LogP contribution in [0.4, 0.5) is 5.69 Å². The van der Waals surface area contributed by atoms with Crippen molar-refractivity contribution >= 4 is 37.5 Å². The highest BCUT2D eigenvalue weighted by molar-refractivity contribution is 7.80. The number of nitrogen functional groups attached to an aromatic ring is 1. The van der Waals surface area contributed by atoms with Gasteiger partial charge < -0.3 is 19.8 Å². The lowest BCUT2D eigenvalue weighted by Crippen LogP contribution is -2.41. The first kappa shape index (κ1) is 18.9. The summed E-state index contributed by atoms with van der Waals surface area (Å²) in [5.74, 6) is 0.0270. The lowest BCUT2D eigenvalue weighted by atomic mass is 9.78. The van der Waals surface area contributed by atoms with E-state index in [1.807, 2.05) is 33.8 Å². The molecule has 24 heavy (non-hydrogen) atoms. The van der Waals surface area contributed by atoms with Crippen molar-refractivity contribution in [3.05, 3.63) is 34.8 Å². The molecule has 1 aliphatic heterocycles. The van der Waals surface area contributed by atoms with Gasteiger partial charge in [0.25, 0.3) is 0 Å². The second-order valence-electron chi connectivity index (χ2n) is 6.85. The average Bonchev–Trinajstić information content (AvgIpc) is 2.71. The smallest absolute Gasteiger partial charge is 0.465 e. The lowest BCUT2D eigenvalue weighted by molar-refractivity contribution is 0.00578. The lowest BCUT2D eigenvalue weighted by Gasteiger charge is -2.32. The van der Waals surface area contributed by atoms with Gasteiger partial charge in [0.2, 0.25) is 0 Å². The Hall–Kier alpha value is -1.44. The van der Waals surface area contributed by atoms with Crippen LogP contribution in [0.15, 0.2) is 23.7 Å². The molecule has 130 valence electrons. The Labute approximate surface area is 149 Å². The highest BCUT2D eigenvalue weighted by atomic mass is 32.1. The molecule has 0 radical (unpaired) electrons. The van der Waals surface area contributed by atoms with Crippen molar-refractivity contribution in [2.24, 2.45) is 0 Å². The maximum absolute atomic E-state index is 11.7. The highest BCUT2D eigenvalue weighted by Crippen LogP contribution is 2.39. The van der Waals surface area contributed by atoms with E-state index >= 15 is 0 Å².